The van der Waals surface area contributed by atoms with Crippen LogP contribution < -0.4 is 0 Å². The van der Waals surface area contributed by atoms with Crippen molar-refractivity contribution in [2.75, 3.05) is 0 Å². The molecule has 0 aliphatic heterocycles. The Bertz CT molecular complexity index is 425. The number of carbonyl (C=O) groups is 1. The van der Waals surface area contributed by atoms with Crippen molar-refractivity contribution in [1.82, 2.24) is 0 Å². The van der Waals surface area contributed by atoms with Crippen LogP contribution >= 0.6 is 0 Å². The quantitative estimate of drug-likeness (QED) is 0.847. The van der Waals surface area contributed by atoms with Gasteiger partial charge in [-0.15, -0.1) is 0 Å². The lowest BCUT2D eigenvalue weighted by Crippen LogP contribution is -1.99. The van der Waals surface area contributed by atoms with Gasteiger partial charge in [0.1, 0.15) is 6.79 Å². The van der Waals surface area contributed by atoms with Gasteiger partial charge in [0.2, 0.25) is 0 Å². The maximum Gasteiger partial charge on any atom is 0.106 e. The first-order valence-corrected chi connectivity index (χ1v) is 7.05. The van der Waals surface area contributed by atoms with Crippen LogP contribution in [0, 0.1) is 0 Å². The van der Waals surface area contributed by atoms with Crippen molar-refractivity contribution in [3.05, 3.63) is 71.8 Å². The van der Waals surface area contributed by atoms with E-state index >= 15 is 0 Å². The SMILES string of the molecule is C=O.O=S(Cc1ccccc1)Cc1ccccc1. The highest BCUT2D eigenvalue weighted by molar-refractivity contribution is 7.83. The maximum atomic E-state index is 11.9. The largest absolute Gasteiger partial charge is 0.307 e. The molecule has 0 saturated carbocycles. The van der Waals surface area contributed by atoms with E-state index in [4.69, 9.17) is 4.79 Å². The molecular formula is C15H16O2S. The van der Waals surface area contributed by atoms with Crippen molar-refractivity contribution < 1.29 is 9.00 Å². The van der Waals surface area contributed by atoms with E-state index in [1.807, 2.05) is 67.5 Å². The van der Waals surface area contributed by atoms with Crippen LogP contribution in [0.15, 0.2) is 60.7 Å². The van der Waals surface area contributed by atoms with Gasteiger partial charge >= 0.3 is 0 Å². The van der Waals surface area contributed by atoms with Crippen LogP contribution in [0.25, 0.3) is 0 Å². The molecule has 18 heavy (non-hydrogen) atoms. The van der Waals surface area contributed by atoms with Crippen LogP contribution in [0.4, 0.5) is 0 Å². The van der Waals surface area contributed by atoms with Crippen LogP contribution in [0.1, 0.15) is 11.1 Å². The summed E-state index contributed by atoms with van der Waals surface area (Å²) in [6.45, 7) is 2.00. The minimum Gasteiger partial charge on any atom is -0.307 e. The zero-order valence-corrected chi connectivity index (χ0v) is 10.9. The predicted molar refractivity (Wildman–Crippen MR) is 75.6 cm³/mol. The van der Waals surface area contributed by atoms with E-state index in [1.54, 1.807) is 0 Å². The number of rotatable bonds is 4. The average molecular weight is 260 g/mol. The van der Waals surface area contributed by atoms with Gasteiger partial charge in [-0.25, -0.2) is 0 Å². The van der Waals surface area contributed by atoms with Crippen LogP contribution in [0.2, 0.25) is 0 Å². The van der Waals surface area contributed by atoms with Gasteiger partial charge in [-0.3, -0.25) is 4.21 Å². The Balaban J connectivity index is 0.000000771. The van der Waals surface area contributed by atoms with Crippen LogP contribution in [-0.4, -0.2) is 11.0 Å². The first-order valence-electron chi connectivity index (χ1n) is 5.56. The Labute approximate surface area is 110 Å². The summed E-state index contributed by atoms with van der Waals surface area (Å²) < 4.78 is 11.9. The van der Waals surface area contributed by atoms with Crippen molar-refractivity contribution in [3.8, 4) is 0 Å². The van der Waals surface area contributed by atoms with Gasteiger partial charge in [0.05, 0.1) is 0 Å². The number of carbonyl (C=O) groups excluding carboxylic acids is 1. The Kier molecular flexibility index (Phi) is 6.66. The molecule has 2 aromatic rings. The summed E-state index contributed by atoms with van der Waals surface area (Å²) in [5, 5.41) is 0. The fourth-order valence-corrected chi connectivity index (χ4v) is 2.80. The number of hydrogen-bond donors (Lipinski definition) is 0. The van der Waals surface area contributed by atoms with E-state index in [-0.39, 0.29) is 0 Å². The average Bonchev–Trinajstić information content (AvgIpc) is 2.43. The molecule has 0 amide bonds. The molecule has 0 saturated heterocycles. The van der Waals surface area contributed by atoms with Gasteiger partial charge in [0.25, 0.3) is 0 Å². The summed E-state index contributed by atoms with van der Waals surface area (Å²) in [5.74, 6) is 1.27. The molecule has 0 bridgehead atoms. The molecule has 0 aliphatic rings. The molecule has 0 aromatic heterocycles. The summed E-state index contributed by atoms with van der Waals surface area (Å²) >= 11 is 0. The second kappa shape index (κ2) is 8.37. The molecule has 0 fully saturated rings. The normalized spacial score (nSPS) is 9.61. The standard InChI is InChI=1S/C14H14OS.CH2O/c15-16(11-13-7-3-1-4-8-13)12-14-9-5-2-6-10-14;1-2/h1-10H,11-12H2;1H2. The molecule has 0 unspecified atom stereocenters. The highest BCUT2D eigenvalue weighted by Gasteiger charge is 2.02. The predicted octanol–water partition coefficient (Wildman–Crippen LogP) is 2.95. The van der Waals surface area contributed by atoms with E-state index in [9.17, 15) is 4.21 Å². The first-order chi connectivity index (χ1) is 8.84. The van der Waals surface area contributed by atoms with Crippen molar-refractivity contribution in [2.45, 2.75) is 11.5 Å². The zero-order chi connectivity index (χ0) is 13.2. The molecule has 2 rings (SSSR count). The monoisotopic (exact) mass is 260 g/mol. The lowest BCUT2D eigenvalue weighted by molar-refractivity contribution is -0.0979. The molecule has 2 aromatic carbocycles. The molecule has 94 valence electrons. The van der Waals surface area contributed by atoms with Gasteiger partial charge in [-0.05, 0) is 11.1 Å². The van der Waals surface area contributed by atoms with E-state index in [2.05, 4.69) is 0 Å². The van der Waals surface area contributed by atoms with Crippen LogP contribution in [-0.2, 0) is 27.1 Å². The molecule has 0 atom stereocenters. The molecular weight excluding hydrogens is 244 g/mol. The van der Waals surface area contributed by atoms with E-state index < -0.39 is 10.8 Å². The number of hydrogen-bond acceptors (Lipinski definition) is 2. The molecule has 0 aliphatic carbocycles. The van der Waals surface area contributed by atoms with Gasteiger partial charge < -0.3 is 4.79 Å². The minimum absolute atomic E-state index is 0.635. The minimum atomic E-state index is -0.822. The summed E-state index contributed by atoms with van der Waals surface area (Å²) in [4.78, 5) is 8.00. The van der Waals surface area contributed by atoms with Crippen molar-refractivity contribution in [2.24, 2.45) is 0 Å². The first kappa shape index (κ1) is 14.3. The zero-order valence-electron chi connectivity index (χ0n) is 10.1. The third kappa shape index (κ3) is 5.06. The van der Waals surface area contributed by atoms with E-state index in [1.165, 1.54) is 0 Å². The fourth-order valence-electron chi connectivity index (χ4n) is 1.57. The van der Waals surface area contributed by atoms with E-state index in [0.717, 1.165) is 11.1 Å². The van der Waals surface area contributed by atoms with Crippen molar-refractivity contribution >= 4 is 17.6 Å². The Morgan fingerprint density at radius 1 is 0.722 bits per heavy atom. The molecule has 0 radical (unpaired) electrons. The Hall–Kier alpha value is -1.74. The topological polar surface area (TPSA) is 34.1 Å². The second-order valence-electron chi connectivity index (χ2n) is 3.70. The van der Waals surface area contributed by atoms with Gasteiger partial charge in [0.15, 0.2) is 0 Å². The summed E-state index contributed by atoms with van der Waals surface area (Å²) in [7, 11) is -0.822. The highest BCUT2D eigenvalue weighted by Crippen LogP contribution is 2.08. The van der Waals surface area contributed by atoms with Gasteiger partial charge in [-0.2, -0.15) is 0 Å². The molecule has 2 nitrogen and oxygen atoms in total. The van der Waals surface area contributed by atoms with Crippen LogP contribution in [0.3, 0.4) is 0 Å². The third-order valence-electron chi connectivity index (χ3n) is 2.34. The fraction of sp³-hybridized carbons (Fsp3) is 0.133. The van der Waals surface area contributed by atoms with Gasteiger partial charge in [0, 0.05) is 22.3 Å². The molecule has 0 spiro atoms. The number of benzene rings is 2. The van der Waals surface area contributed by atoms with Gasteiger partial charge in [-0.1, -0.05) is 60.7 Å². The third-order valence-corrected chi connectivity index (χ3v) is 3.65. The summed E-state index contributed by atoms with van der Waals surface area (Å²) in [5.41, 5.74) is 2.27. The summed E-state index contributed by atoms with van der Waals surface area (Å²) in [6, 6.07) is 19.9. The maximum absolute atomic E-state index is 11.9. The Morgan fingerprint density at radius 3 is 1.39 bits per heavy atom. The van der Waals surface area contributed by atoms with E-state index in [0.29, 0.717) is 11.5 Å². The lowest BCUT2D eigenvalue weighted by atomic mass is 10.2. The highest BCUT2D eigenvalue weighted by atomic mass is 32.2. The Morgan fingerprint density at radius 2 is 1.06 bits per heavy atom. The molecule has 0 N–H and O–H groups in total. The van der Waals surface area contributed by atoms with Crippen molar-refractivity contribution in [1.29, 1.82) is 0 Å². The van der Waals surface area contributed by atoms with Crippen LogP contribution in [0.5, 0.6) is 0 Å². The molecule has 0 heterocycles. The molecule has 3 heteroatoms. The smallest absolute Gasteiger partial charge is 0.106 e. The lowest BCUT2D eigenvalue weighted by Gasteiger charge is -2.02. The summed E-state index contributed by atoms with van der Waals surface area (Å²) in [6.07, 6.45) is 0. The van der Waals surface area contributed by atoms with Crippen molar-refractivity contribution in [3.63, 3.8) is 0 Å². The second-order valence-corrected chi connectivity index (χ2v) is 5.16.